The van der Waals surface area contributed by atoms with E-state index in [0.29, 0.717) is 12.1 Å². The third kappa shape index (κ3) is 4.90. The molecule has 0 saturated carbocycles. The number of carboxylic acid groups (broad SMARTS) is 1. The minimum atomic E-state index is -0.250. The highest BCUT2D eigenvalue weighted by atomic mass is 32.1. The minimum absolute atomic E-state index is 0.0170. The molecule has 3 heterocycles. The van der Waals surface area contributed by atoms with Crippen molar-refractivity contribution in [2.24, 2.45) is 7.05 Å². The van der Waals surface area contributed by atoms with Crippen LogP contribution >= 0.6 is 11.3 Å². The fourth-order valence-corrected chi connectivity index (χ4v) is 3.28. The third-order valence-electron chi connectivity index (χ3n) is 3.81. The van der Waals surface area contributed by atoms with Gasteiger partial charge >= 0.3 is 0 Å². The van der Waals surface area contributed by atoms with Crippen molar-refractivity contribution in [3.05, 3.63) is 45.8 Å². The summed E-state index contributed by atoms with van der Waals surface area (Å²) in [5.41, 5.74) is 0.451. The molecule has 134 valence electrons. The largest absolute Gasteiger partial charge is 0.483 e. The molecular weight excluding hydrogens is 344 g/mol. The highest BCUT2D eigenvalue weighted by Crippen LogP contribution is 2.19. The summed E-state index contributed by atoms with van der Waals surface area (Å²) in [6, 6.07) is 3.04. The van der Waals surface area contributed by atoms with Crippen LogP contribution in [-0.2, 0) is 11.8 Å². The van der Waals surface area contributed by atoms with E-state index < -0.39 is 0 Å². The van der Waals surface area contributed by atoms with E-state index in [1.165, 1.54) is 10.6 Å². The van der Waals surface area contributed by atoms with Gasteiger partial charge in [0.05, 0.1) is 5.56 Å². The molecule has 3 rings (SSSR count). The van der Waals surface area contributed by atoms with Gasteiger partial charge in [0.1, 0.15) is 0 Å². The number of amides is 1. The average molecular weight is 364 g/mol. The van der Waals surface area contributed by atoms with E-state index in [1.54, 1.807) is 36.8 Å². The molecule has 0 aromatic carbocycles. The van der Waals surface area contributed by atoms with Crippen LogP contribution in [-0.4, -0.2) is 58.1 Å². The van der Waals surface area contributed by atoms with Crippen LogP contribution in [0.4, 0.5) is 5.13 Å². The molecule has 1 amide bonds. The van der Waals surface area contributed by atoms with E-state index in [-0.39, 0.29) is 17.9 Å². The summed E-state index contributed by atoms with van der Waals surface area (Å²) in [7, 11) is 1.66. The maximum Gasteiger partial charge on any atom is 0.290 e. The molecule has 2 aromatic heterocycles. The minimum Gasteiger partial charge on any atom is -0.483 e. The maximum absolute atomic E-state index is 12.6. The van der Waals surface area contributed by atoms with Crippen LogP contribution in [0, 0.1) is 0 Å². The van der Waals surface area contributed by atoms with Crippen molar-refractivity contribution in [2.45, 2.75) is 6.42 Å². The lowest BCUT2D eigenvalue weighted by molar-refractivity contribution is -0.122. The summed E-state index contributed by atoms with van der Waals surface area (Å²) < 4.78 is 1.44. The number of hydrogen-bond acceptors (Lipinski definition) is 6. The molecule has 0 spiro atoms. The Kier molecular flexibility index (Phi) is 6.70. The molecule has 0 atom stereocenters. The molecule has 0 aliphatic carbocycles. The lowest BCUT2D eigenvalue weighted by Gasteiger charge is -2.21. The van der Waals surface area contributed by atoms with Crippen LogP contribution < -0.4 is 10.5 Å². The van der Waals surface area contributed by atoms with Gasteiger partial charge in [-0.05, 0) is 12.5 Å². The van der Waals surface area contributed by atoms with Crippen LogP contribution in [0.1, 0.15) is 16.8 Å². The zero-order chi connectivity index (χ0) is 18.2. The zero-order valence-corrected chi connectivity index (χ0v) is 14.7. The fraction of sp³-hybridized carbons (Fsp3) is 0.375. The quantitative estimate of drug-likeness (QED) is 0.796. The Hall–Kier alpha value is -2.68. The first-order valence-electron chi connectivity index (χ1n) is 7.75. The summed E-state index contributed by atoms with van der Waals surface area (Å²) >= 11 is 1.62. The van der Waals surface area contributed by atoms with Crippen molar-refractivity contribution < 1.29 is 14.7 Å². The molecular formula is C16H20N4O4S. The molecule has 25 heavy (non-hydrogen) atoms. The lowest BCUT2D eigenvalue weighted by Crippen LogP contribution is -2.35. The molecule has 9 heteroatoms. The predicted octanol–water partition coefficient (Wildman–Crippen LogP) is 0.895. The van der Waals surface area contributed by atoms with Crippen molar-refractivity contribution in [2.75, 3.05) is 31.1 Å². The first kappa shape index (κ1) is 18.7. The van der Waals surface area contributed by atoms with E-state index in [9.17, 15) is 9.59 Å². The van der Waals surface area contributed by atoms with Gasteiger partial charge in [0.25, 0.3) is 12.4 Å². The Balaban J connectivity index is 0.000000701. The molecule has 1 saturated heterocycles. The van der Waals surface area contributed by atoms with E-state index in [0.717, 1.165) is 31.2 Å². The third-order valence-corrected chi connectivity index (χ3v) is 4.64. The predicted molar refractivity (Wildman–Crippen MR) is 95.2 cm³/mol. The first-order valence-corrected chi connectivity index (χ1v) is 8.63. The van der Waals surface area contributed by atoms with Crippen molar-refractivity contribution in [1.82, 2.24) is 14.5 Å². The molecule has 0 radical (unpaired) electrons. The monoisotopic (exact) mass is 364 g/mol. The second-order valence-electron chi connectivity index (χ2n) is 5.42. The summed E-state index contributed by atoms with van der Waals surface area (Å²) in [6.07, 6.45) is 4.32. The van der Waals surface area contributed by atoms with E-state index in [2.05, 4.69) is 9.88 Å². The Labute approximate surface area is 148 Å². The highest BCUT2D eigenvalue weighted by molar-refractivity contribution is 7.13. The highest BCUT2D eigenvalue weighted by Gasteiger charge is 2.21. The molecule has 0 bridgehead atoms. The number of aromatic nitrogens is 2. The normalized spacial score (nSPS) is 14.3. The number of rotatable bonds is 2. The van der Waals surface area contributed by atoms with Crippen LogP contribution in [0.3, 0.4) is 0 Å². The van der Waals surface area contributed by atoms with Crippen molar-refractivity contribution in [3.8, 4) is 0 Å². The molecule has 1 aliphatic rings. The second-order valence-corrected chi connectivity index (χ2v) is 6.29. The Morgan fingerprint density at radius 2 is 2.04 bits per heavy atom. The molecule has 2 aromatic rings. The Bertz CT molecular complexity index is 760. The summed E-state index contributed by atoms with van der Waals surface area (Å²) in [4.78, 5) is 40.8. The summed E-state index contributed by atoms with van der Waals surface area (Å²) in [6.45, 7) is 2.83. The van der Waals surface area contributed by atoms with Gasteiger partial charge in [0.15, 0.2) is 5.13 Å². The number of carbonyl (C=O) groups excluding carboxylic acids is 1. The van der Waals surface area contributed by atoms with Gasteiger partial charge in [-0.15, -0.1) is 11.3 Å². The van der Waals surface area contributed by atoms with Crippen LogP contribution in [0.15, 0.2) is 34.7 Å². The van der Waals surface area contributed by atoms with Crippen molar-refractivity contribution >= 4 is 28.8 Å². The molecule has 8 nitrogen and oxygen atoms in total. The standard InChI is InChI=1S/C15H18N4O2S.CH2O2/c1-17-11-12(3-4-13(17)20)14(21)18-6-2-7-19(9-8-18)15-16-5-10-22-15;2-1-3/h3-5,10-11H,2,6-9H2,1H3;1H,(H,2,3). The van der Waals surface area contributed by atoms with Crippen LogP contribution in [0.25, 0.3) is 0 Å². The number of aryl methyl sites for hydroxylation is 1. The van der Waals surface area contributed by atoms with Gasteiger partial charge in [-0.1, -0.05) is 0 Å². The Morgan fingerprint density at radius 3 is 2.68 bits per heavy atom. The molecule has 1 fully saturated rings. The number of thiazole rings is 1. The van der Waals surface area contributed by atoms with Gasteiger partial charge in [0.2, 0.25) is 5.56 Å². The Morgan fingerprint density at radius 1 is 1.28 bits per heavy atom. The summed E-state index contributed by atoms with van der Waals surface area (Å²) in [5.74, 6) is -0.0170. The lowest BCUT2D eigenvalue weighted by atomic mass is 10.2. The first-order chi connectivity index (χ1) is 12.1. The van der Waals surface area contributed by atoms with E-state index >= 15 is 0 Å². The summed E-state index contributed by atoms with van der Waals surface area (Å²) in [5, 5.41) is 9.87. The fourth-order valence-electron chi connectivity index (χ4n) is 2.59. The van der Waals surface area contributed by atoms with Crippen LogP contribution in [0.5, 0.6) is 0 Å². The van der Waals surface area contributed by atoms with Gasteiger partial charge < -0.3 is 19.5 Å². The number of pyridine rings is 1. The van der Waals surface area contributed by atoms with Gasteiger partial charge in [-0.2, -0.15) is 0 Å². The smallest absolute Gasteiger partial charge is 0.290 e. The average Bonchev–Trinajstić information content (AvgIpc) is 3.02. The number of nitrogens with zero attached hydrogens (tertiary/aromatic N) is 4. The van der Waals surface area contributed by atoms with Gasteiger partial charge in [-0.3, -0.25) is 14.4 Å². The molecule has 1 N–H and O–H groups in total. The van der Waals surface area contributed by atoms with Gasteiger partial charge in [0, 0.05) is 57.1 Å². The molecule has 0 unspecified atom stereocenters. The molecule has 1 aliphatic heterocycles. The van der Waals surface area contributed by atoms with E-state index in [1.807, 2.05) is 10.3 Å². The zero-order valence-electron chi connectivity index (χ0n) is 13.9. The number of hydrogen-bond donors (Lipinski definition) is 1. The van der Waals surface area contributed by atoms with Crippen molar-refractivity contribution in [3.63, 3.8) is 0 Å². The van der Waals surface area contributed by atoms with Crippen LogP contribution in [0.2, 0.25) is 0 Å². The number of carbonyl (C=O) groups is 2. The SMILES string of the molecule is Cn1cc(C(=O)N2CCCN(c3nccs3)CC2)ccc1=O.O=CO. The maximum atomic E-state index is 12.6. The van der Waals surface area contributed by atoms with Crippen molar-refractivity contribution in [1.29, 1.82) is 0 Å². The number of anilines is 1. The van der Waals surface area contributed by atoms with Gasteiger partial charge in [-0.25, -0.2) is 4.98 Å². The second kappa shape index (κ2) is 8.97. The topological polar surface area (TPSA) is 95.7 Å². The van der Waals surface area contributed by atoms with E-state index in [4.69, 9.17) is 9.90 Å².